The lowest BCUT2D eigenvalue weighted by Gasteiger charge is -2.38. The molecule has 0 bridgehead atoms. The van der Waals surface area contributed by atoms with Crippen molar-refractivity contribution in [3.05, 3.63) is 0 Å². The number of hydrogen-bond acceptors (Lipinski definition) is 1. The third-order valence-electron chi connectivity index (χ3n) is 4.61. The highest BCUT2D eigenvalue weighted by Crippen LogP contribution is 2.55. The molecule has 2 aliphatic rings. The topological polar surface area (TPSA) is 3.24 Å². The lowest BCUT2D eigenvalue weighted by Crippen LogP contribution is -2.24. The van der Waals surface area contributed by atoms with E-state index < -0.39 is 0 Å². The Balaban J connectivity index is 1.91. The SMILES string of the molecule is ClN(Cl)CCP(C1CCCCC1)C1CCCCC1. The monoisotopic (exact) mass is 309 g/mol. The molecule has 0 atom stereocenters. The first-order chi connectivity index (χ1) is 8.77. The van der Waals surface area contributed by atoms with Gasteiger partial charge in [-0.05, 0) is 66.7 Å². The lowest BCUT2D eigenvalue weighted by molar-refractivity contribution is 0.483. The van der Waals surface area contributed by atoms with Gasteiger partial charge in [-0.25, -0.2) is 0 Å². The summed E-state index contributed by atoms with van der Waals surface area (Å²) in [6, 6.07) is 0. The van der Waals surface area contributed by atoms with Gasteiger partial charge in [0.25, 0.3) is 0 Å². The first-order valence-electron chi connectivity index (χ1n) is 7.62. The minimum atomic E-state index is 0.160. The van der Waals surface area contributed by atoms with Crippen molar-refractivity contribution in [1.82, 2.24) is 3.94 Å². The average Bonchev–Trinajstić information content (AvgIpc) is 2.41. The fraction of sp³-hybridized carbons (Fsp3) is 1.00. The summed E-state index contributed by atoms with van der Waals surface area (Å²) in [6.07, 6.45) is 15.9. The van der Waals surface area contributed by atoms with Gasteiger partial charge in [-0.3, -0.25) is 0 Å². The molecule has 1 nitrogen and oxygen atoms in total. The average molecular weight is 310 g/mol. The van der Waals surface area contributed by atoms with Crippen LogP contribution in [0.4, 0.5) is 0 Å². The minimum absolute atomic E-state index is 0.160. The molecule has 2 rings (SSSR count). The Morgan fingerprint density at radius 2 is 1.22 bits per heavy atom. The first-order valence-corrected chi connectivity index (χ1v) is 9.96. The zero-order valence-electron chi connectivity index (χ0n) is 11.3. The molecule has 0 radical (unpaired) electrons. The molecule has 0 N–H and O–H groups in total. The molecular formula is C14H26Cl2NP. The fourth-order valence-electron chi connectivity index (χ4n) is 3.68. The van der Waals surface area contributed by atoms with Gasteiger partial charge >= 0.3 is 0 Å². The summed E-state index contributed by atoms with van der Waals surface area (Å²) in [5.74, 6) is 0. The highest BCUT2D eigenvalue weighted by atomic mass is 35.5. The van der Waals surface area contributed by atoms with E-state index in [1.165, 1.54) is 74.3 Å². The molecule has 106 valence electrons. The molecule has 0 spiro atoms. The largest absolute Gasteiger partial charge is 0.131 e. The third kappa shape index (κ3) is 4.82. The quantitative estimate of drug-likeness (QED) is 0.462. The zero-order valence-corrected chi connectivity index (χ0v) is 13.7. The maximum atomic E-state index is 5.81. The van der Waals surface area contributed by atoms with Crippen molar-refractivity contribution in [2.45, 2.75) is 75.5 Å². The van der Waals surface area contributed by atoms with E-state index in [1.54, 1.807) is 0 Å². The van der Waals surface area contributed by atoms with Gasteiger partial charge in [-0.1, -0.05) is 46.4 Å². The van der Waals surface area contributed by atoms with Crippen LogP contribution in [-0.4, -0.2) is 28.0 Å². The van der Waals surface area contributed by atoms with E-state index in [4.69, 9.17) is 23.6 Å². The summed E-state index contributed by atoms with van der Waals surface area (Å²) < 4.78 is 1.35. The van der Waals surface area contributed by atoms with E-state index in [1.807, 2.05) is 0 Å². The Kier molecular flexibility index (Phi) is 7.08. The molecule has 2 fully saturated rings. The van der Waals surface area contributed by atoms with Crippen LogP contribution in [0.15, 0.2) is 0 Å². The highest BCUT2D eigenvalue weighted by molar-refractivity contribution is 7.59. The molecule has 0 amide bonds. The Bertz CT molecular complexity index is 208. The Morgan fingerprint density at radius 3 is 1.61 bits per heavy atom. The number of hydrogen-bond donors (Lipinski definition) is 0. The maximum absolute atomic E-state index is 5.81. The number of rotatable bonds is 5. The van der Waals surface area contributed by atoms with Crippen molar-refractivity contribution in [2.24, 2.45) is 0 Å². The lowest BCUT2D eigenvalue weighted by atomic mass is 9.99. The Morgan fingerprint density at radius 1 is 0.778 bits per heavy atom. The van der Waals surface area contributed by atoms with E-state index in [9.17, 15) is 0 Å². The Labute approximate surface area is 124 Å². The van der Waals surface area contributed by atoms with Gasteiger partial charge in [0.05, 0.1) is 0 Å². The van der Waals surface area contributed by atoms with Crippen molar-refractivity contribution in [1.29, 1.82) is 0 Å². The summed E-state index contributed by atoms with van der Waals surface area (Å²) in [4.78, 5) is 0. The second kappa shape index (κ2) is 8.30. The minimum Gasteiger partial charge on any atom is -0.131 e. The molecule has 18 heavy (non-hydrogen) atoms. The van der Waals surface area contributed by atoms with Crippen LogP contribution in [0, 0.1) is 0 Å². The molecule has 0 aromatic rings. The van der Waals surface area contributed by atoms with Crippen molar-refractivity contribution >= 4 is 31.5 Å². The second-order valence-corrected chi connectivity index (χ2v) is 9.77. The van der Waals surface area contributed by atoms with E-state index in [2.05, 4.69) is 0 Å². The Hall–Kier alpha value is 0.970. The van der Waals surface area contributed by atoms with Crippen LogP contribution in [0.5, 0.6) is 0 Å². The van der Waals surface area contributed by atoms with Crippen LogP contribution >= 0.6 is 31.5 Å². The molecule has 0 aromatic heterocycles. The van der Waals surface area contributed by atoms with Gasteiger partial charge in [0, 0.05) is 6.54 Å². The van der Waals surface area contributed by atoms with Crippen LogP contribution in [0.3, 0.4) is 0 Å². The van der Waals surface area contributed by atoms with Crippen molar-refractivity contribution < 1.29 is 0 Å². The number of nitrogens with zero attached hydrogens (tertiary/aromatic N) is 1. The van der Waals surface area contributed by atoms with Gasteiger partial charge in [0.15, 0.2) is 0 Å². The highest BCUT2D eigenvalue weighted by Gasteiger charge is 2.30. The van der Waals surface area contributed by atoms with E-state index in [0.29, 0.717) is 0 Å². The standard InChI is InChI=1S/C14H26Cl2NP/c15-17(16)11-12-18(13-7-3-1-4-8-13)14-9-5-2-6-10-14/h13-14H,1-12H2. The van der Waals surface area contributed by atoms with Gasteiger partial charge in [-0.15, -0.1) is 3.94 Å². The predicted molar refractivity (Wildman–Crippen MR) is 83.9 cm³/mol. The molecule has 2 aliphatic carbocycles. The van der Waals surface area contributed by atoms with Crippen LogP contribution in [-0.2, 0) is 0 Å². The van der Waals surface area contributed by atoms with E-state index in [-0.39, 0.29) is 7.92 Å². The van der Waals surface area contributed by atoms with Crippen LogP contribution < -0.4 is 0 Å². The molecule has 0 saturated heterocycles. The summed E-state index contributed by atoms with van der Waals surface area (Å²) >= 11 is 11.6. The molecule has 0 aliphatic heterocycles. The van der Waals surface area contributed by atoms with Crippen LogP contribution in [0.25, 0.3) is 0 Å². The zero-order chi connectivity index (χ0) is 12.8. The summed E-state index contributed by atoms with van der Waals surface area (Å²) in [5, 5.41) is 0. The molecule has 0 aromatic carbocycles. The molecular weight excluding hydrogens is 284 g/mol. The predicted octanol–water partition coefficient (Wildman–Crippen LogP) is 5.74. The van der Waals surface area contributed by atoms with E-state index in [0.717, 1.165) is 17.9 Å². The van der Waals surface area contributed by atoms with Crippen molar-refractivity contribution in [3.63, 3.8) is 0 Å². The maximum Gasteiger partial charge on any atom is 0.0343 e. The van der Waals surface area contributed by atoms with E-state index >= 15 is 0 Å². The van der Waals surface area contributed by atoms with Crippen molar-refractivity contribution in [2.75, 3.05) is 12.7 Å². The molecule has 4 heteroatoms. The number of halogens is 2. The second-order valence-electron chi connectivity index (χ2n) is 5.85. The molecule has 2 saturated carbocycles. The normalized spacial score (nSPS) is 24.0. The summed E-state index contributed by atoms with van der Waals surface area (Å²) in [5.41, 5.74) is 2.04. The summed E-state index contributed by atoms with van der Waals surface area (Å²) in [7, 11) is 0.160. The van der Waals surface area contributed by atoms with Crippen molar-refractivity contribution in [3.8, 4) is 0 Å². The first kappa shape index (κ1) is 15.4. The van der Waals surface area contributed by atoms with Gasteiger partial charge in [-0.2, -0.15) is 0 Å². The fourth-order valence-corrected chi connectivity index (χ4v) is 7.90. The third-order valence-corrected chi connectivity index (χ3v) is 8.58. The smallest absolute Gasteiger partial charge is 0.0343 e. The van der Waals surface area contributed by atoms with Gasteiger partial charge in [0.1, 0.15) is 0 Å². The van der Waals surface area contributed by atoms with Gasteiger partial charge < -0.3 is 0 Å². The summed E-state index contributed by atoms with van der Waals surface area (Å²) in [6.45, 7) is 0.863. The van der Waals surface area contributed by atoms with Crippen LogP contribution in [0.1, 0.15) is 64.2 Å². The van der Waals surface area contributed by atoms with Crippen LogP contribution in [0.2, 0.25) is 0 Å². The van der Waals surface area contributed by atoms with Gasteiger partial charge in [0.2, 0.25) is 0 Å². The molecule has 0 heterocycles. The molecule has 0 unspecified atom stereocenters.